The van der Waals surface area contributed by atoms with E-state index < -0.39 is 5.97 Å². The molecule has 3 rings (SSSR count). The second kappa shape index (κ2) is 7.39. The number of ether oxygens (including phenoxy) is 1. The molecule has 0 unspecified atom stereocenters. The van der Waals surface area contributed by atoms with Crippen LogP contribution in [0.2, 0.25) is 0 Å². The third-order valence-electron chi connectivity index (χ3n) is 3.41. The fourth-order valence-corrected chi connectivity index (χ4v) is 2.21. The minimum absolute atomic E-state index is 0.296. The van der Waals surface area contributed by atoms with Gasteiger partial charge in [0.25, 0.3) is 5.91 Å². The number of carbonyl (C=O) groups is 2. The molecule has 0 spiro atoms. The van der Waals surface area contributed by atoms with Gasteiger partial charge in [-0.15, -0.1) is 0 Å². The molecule has 25 heavy (non-hydrogen) atoms. The standard InChI is InChI=1S/C18H16N4O3/c1-2-25-18(24)13-4-3-5-15(10-13)21-17(23)14-6-7-16(20-11-14)22-9-8-19-12-22/h3-12H,2H2,1H3,(H,21,23). The lowest BCUT2D eigenvalue weighted by molar-refractivity contribution is 0.0526. The third kappa shape index (κ3) is 3.89. The lowest BCUT2D eigenvalue weighted by Crippen LogP contribution is -2.13. The van der Waals surface area contributed by atoms with Crippen molar-refractivity contribution in [1.82, 2.24) is 14.5 Å². The second-order valence-corrected chi connectivity index (χ2v) is 5.13. The van der Waals surface area contributed by atoms with Gasteiger partial charge in [-0.3, -0.25) is 9.36 Å². The summed E-state index contributed by atoms with van der Waals surface area (Å²) in [6, 6.07) is 9.99. The van der Waals surface area contributed by atoms with Crippen molar-refractivity contribution in [3.8, 4) is 5.82 Å². The van der Waals surface area contributed by atoms with E-state index in [1.54, 1.807) is 66.6 Å². The van der Waals surface area contributed by atoms with Crippen molar-refractivity contribution in [3.63, 3.8) is 0 Å². The molecule has 1 N–H and O–H groups in total. The van der Waals surface area contributed by atoms with Gasteiger partial charge in [-0.25, -0.2) is 14.8 Å². The molecule has 126 valence electrons. The molecule has 0 atom stereocenters. The van der Waals surface area contributed by atoms with Gasteiger partial charge in [-0.2, -0.15) is 0 Å². The molecule has 0 saturated heterocycles. The van der Waals surface area contributed by atoms with Crippen molar-refractivity contribution < 1.29 is 14.3 Å². The first-order chi connectivity index (χ1) is 12.2. The first-order valence-electron chi connectivity index (χ1n) is 7.70. The van der Waals surface area contributed by atoms with Crippen molar-refractivity contribution in [2.24, 2.45) is 0 Å². The summed E-state index contributed by atoms with van der Waals surface area (Å²) in [5.74, 6) is -0.0750. The molecular weight excluding hydrogens is 320 g/mol. The van der Waals surface area contributed by atoms with Gasteiger partial charge in [0, 0.05) is 24.3 Å². The van der Waals surface area contributed by atoms with Crippen LogP contribution >= 0.6 is 0 Å². The molecule has 7 nitrogen and oxygen atoms in total. The van der Waals surface area contributed by atoms with Gasteiger partial charge in [-0.05, 0) is 37.3 Å². The molecule has 0 fully saturated rings. The van der Waals surface area contributed by atoms with Crippen LogP contribution in [0.5, 0.6) is 0 Å². The molecule has 0 radical (unpaired) electrons. The van der Waals surface area contributed by atoms with E-state index in [1.165, 1.54) is 6.20 Å². The molecule has 0 aliphatic rings. The number of rotatable bonds is 5. The van der Waals surface area contributed by atoms with Crippen LogP contribution < -0.4 is 5.32 Å². The van der Waals surface area contributed by atoms with Crippen LogP contribution in [0.4, 0.5) is 5.69 Å². The predicted molar refractivity (Wildman–Crippen MR) is 91.7 cm³/mol. The van der Waals surface area contributed by atoms with Crippen molar-refractivity contribution >= 4 is 17.6 Å². The average molecular weight is 336 g/mol. The Morgan fingerprint density at radius 3 is 2.76 bits per heavy atom. The van der Waals surface area contributed by atoms with Gasteiger partial charge < -0.3 is 10.1 Å². The van der Waals surface area contributed by atoms with Crippen LogP contribution in [0.3, 0.4) is 0 Å². The summed E-state index contributed by atoms with van der Waals surface area (Å²) in [6.07, 6.45) is 6.53. The van der Waals surface area contributed by atoms with Crippen LogP contribution in [0.25, 0.3) is 5.82 Å². The number of benzene rings is 1. The van der Waals surface area contributed by atoms with Crippen molar-refractivity contribution in [2.75, 3.05) is 11.9 Å². The number of hydrogen-bond donors (Lipinski definition) is 1. The second-order valence-electron chi connectivity index (χ2n) is 5.13. The maximum Gasteiger partial charge on any atom is 0.338 e. The number of aromatic nitrogens is 3. The molecule has 1 amide bonds. The van der Waals surface area contributed by atoms with Crippen molar-refractivity contribution in [3.05, 3.63) is 72.4 Å². The van der Waals surface area contributed by atoms with Crippen LogP contribution in [-0.2, 0) is 4.74 Å². The highest BCUT2D eigenvalue weighted by atomic mass is 16.5. The number of hydrogen-bond acceptors (Lipinski definition) is 5. The average Bonchev–Trinajstić information content (AvgIpc) is 3.17. The number of amides is 1. The van der Waals surface area contributed by atoms with E-state index in [0.717, 1.165) is 0 Å². The number of pyridine rings is 1. The Hall–Kier alpha value is -3.48. The van der Waals surface area contributed by atoms with Crippen LogP contribution in [0.15, 0.2) is 61.3 Å². The van der Waals surface area contributed by atoms with Crippen molar-refractivity contribution in [2.45, 2.75) is 6.92 Å². The molecule has 0 aliphatic heterocycles. The summed E-state index contributed by atoms with van der Waals surface area (Å²) in [4.78, 5) is 32.3. The quantitative estimate of drug-likeness (QED) is 0.724. The number of carbonyl (C=O) groups excluding carboxylic acids is 2. The predicted octanol–water partition coefficient (Wildman–Crippen LogP) is 2.70. The van der Waals surface area contributed by atoms with Gasteiger partial charge >= 0.3 is 5.97 Å². The summed E-state index contributed by atoms with van der Waals surface area (Å²) in [6.45, 7) is 2.04. The Morgan fingerprint density at radius 1 is 1.20 bits per heavy atom. The van der Waals surface area contributed by atoms with Crippen molar-refractivity contribution in [1.29, 1.82) is 0 Å². The highest BCUT2D eigenvalue weighted by molar-refractivity contribution is 6.04. The fourth-order valence-electron chi connectivity index (χ4n) is 2.21. The fraction of sp³-hybridized carbons (Fsp3) is 0.111. The van der Waals surface area contributed by atoms with E-state index in [2.05, 4.69) is 15.3 Å². The Balaban J connectivity index is 1.72. The van der Waals surface area contributed by atoms with E-state index in [1.807, 2.05) is 0 Å². The van der Waals surface area contributed by atoms with Gasteiger partial charge in [0.1, 0.15) is 12.1 Å². The maximum atomic E-state index is 12.3. The molecule has 0 aliphatic carbocycles. The first kappa shape index (κ1) is 16.4. The summed E-state index contributed by atoms with van der Waals surface area (Å²) < 4.78 is 6.69. The van der Waals surface area contributed by atoms with E-state index >= 15 is 0 Å². The van der Waals surface area contributed by atoms with Gasteiger partial charge in [-0.1, -0.05) is 6.07 Å². The molecule has 2 aromatic heterocycles. The Kier molecular flexibility index (Phi) is 4.84. The first-order valence-corrected chi connectivity index (χ1v) is 7.70. The molecule has 1 aromatic carbocycles. The van der Waals surface area contributed by atoms with E-state index in [-0.39, 0.29) is 5.91 Å². The number of nitrogens with zero attached hydrogens (tertiary/aromatic N) is 3. The number of nitrogens with one attached hydrogen (secondary N) is 1. The normalized spacial score (nSPS) is 10.3. The summed E-state index contributed by atoms with van der Waals surface area (Å²) >= 11 is 0. The smallest absolute Gasteiger partial charge is 0.338 e. The van der Waals surface area contributed by atoms with E-state index in [4.69, 9.17) is 4.74 Å². The molecule has 7 heteroatoms. The minimum Gasteiger partial charge on any atom is -0.462 e. The van der Waals surface area contributed by atoms with Crippen LogP contribution in [-0.4, -0.2) is 33.0 Å². The summed E-state index contributed by atoms with van der Waals surface area (Å²) in [7, 11) is 0. The zero-order chi connectivity index (χ0) is 17.6. The lowest BCUT2D eigenvalue weighted by atomic mass is 10.2. The third-order valence-corrected chi connectivity index (χ3v) is 3.41. The largest absolute Gasteiger partial charge is 0.462 e. The van der Waals surface area contributed by atoms with E-state index in [0.29, 0.717) is 29.2 Å². The zero-order valence-corrected chi connectivity index (χ0v) is 13.5. The van der Waals surface area contributed by atoms with Gasteiger partial charge in [0.2, 0.25) is 0 Å². The molecule has 3 aromatic rings. The number of imidazole rings is 1. The lowest BCUT2D eigenvalue weighted by Gasteiger charge is -2.08. The topological polar surface area (TPSA) is 86.1 Å². The Bertz CT molecular complexity index is 874. The highest BCUT2D eigenvalue weighted by Crippen LogP contribution is 2.14. The highest BCUT2D eigenvalue weighted by Gasteiger charge is 2.10. The van der Waals surface area contributed by atoms with Gasteiger partial charge in [0.05, 0.1) is 17.7 Å². The van der Waals surface area contributed by atoms with E-state index in [9.17, 15) is 9.59 Å². The monoisotopic (exact) mass is 336 g/mol. The summed E-state index contributed by atoms with van der Waals surface area (Å²) in [5.41, 5.74) is 1.30. The zero-order valence-electron chi connectivity index (χ0n) is 13.5. The van der Waals surface area contributed by atoms with Crippen LogP contribution in [0, 0.1) is 0 Å². The Morgan fingerprint density at radius 2 is 2.08 bits per heavy atom. The molecule has 0 saturated carbocycles. The van der Waals surface area contributed by atoms with Gasteiger partial charge in [0.15, 0.2) is 0 Å². The Labute approximate surface area is 144 Å². The molecule has 2 heterocycles. The summed E-state index contributed by atoms with van der Waals surface area (Å²) in [5, 5.41) is 2.74. The maximum absolute atomic E-state index is 12.3. The molecular formula is C18H16N4O3. The van der Waals surface area contributed by atoms with Crippen LogP contribution in [0.1, 0.15) is 27.6 Å². The molecule has 0 bridgehead atoms. The number of esters is 1. The number of anilines is 1. The minimum atomic E-state index is -0.426. The SMILES string of the molecule is CCOC(=O)c1cccc(NC(=O)c2ccc(-n3ccnc3)nc2)c1.